The molecule has 44 heavy (non-hydrogen) atoms. The minimum atomic E-state index is -0.678. The van der Waals surface area contributed by atoms with E-state index in [4.69, 9.17) is 16.3 Å². The average Bonchev–Trinajstić information content (AvgIpc) is 3.02. The third kappa shape index (κ3) is 8.37. The Morgan fingerprint density at radius 2 is 1.52 bits per heavy atom. The van der Waals surface area contributed by atoms with Crippen LogP contribution in [0.4, 0.5) is 11.4 Å². The van der Waals surface area contributed by atoms with Gasteiger partial charge < -0.3 is 15.0 Å². The number of amides is 2. The topological polar surface area (TPSA) is 143 Å². The minimum Gasteiger partial charge on any atom is -0.423 e. The molecule has 4 aromatic carbocycles. The summed E-state index contributed by atoms with van der Waals surface area (Å²) in [5.41, 5.74) is 4.78. The molecule has 0 radical (unpaired) electrons. The molecule has 0 fully saturated rings. The number of benzene rings is 4. The Hall–Kier alpha value is -5.81. The fourth-order valence-corrected chi connectivity index (χ4v) is 3.98. The maximum absolute atomic E-state index is 13.1. The molecule has 0 unspecified atom stereocenters. The number of nitro benzene ring substituents is 1. The number of anilines is 1. The average molecular weight is 612 g/mol. The Bertz CT molecular complexity index is 1730. The fraction of sp³-hybridized carbons (Fsp3) is 0.0625. The van der Waals surface area contributed by atoms with Crippen molar-refractivity contribution in [3.8, 4) is 5.75 Å². The lowest BCUT2D eigenvalue weighted by Crippen LogP contribution is -2.33. The van der Waals surface area contributed by atoms with Crippen molar-refractivity contribution in [1.29, 1.82) is 0 Å². The number of nitro groups is 1. The van der Waals surface area contributed by atoms with E-state index < -0.39 is 22.7 Å². The van der Waals surface area contributed by atoms with Crippen LogP contribution in [0.1, 0.15) is 31.8 Å². The highest BCUT2D eigenvalue weighted by Crippen LogP contribution is 2.18. The van der Waals surface area contributed by atoms with Crippen LogP contribution in [0.15, 0.2) is 108 Å². The number of hydrazone groups is 1. The van der Waals surface area contributed by atoms with Crippen LogP contribution in [0, 0.1) is 10.1 Å². The van der Waals surface area contributed by atoms with Crippen molar-refractivity contribution in [2.75, 3.05) is 19.0 Å². The molecule has 0 atom stereocenters. The standard InChI is InChI=1S/C32H26ClN5O6/c1-37(2)24-13-7-21(8-14-24)19-29(35-30(39)27-5-3-4-6-28(27)33)31(40)36-34-20-22-9-17-26(18-10-22)44-32(41)23-11-15-25(16-12-23)38(42)43/h3-20H,1-2H3,(H,35,39)(H,36,40)/b29-19+,34-20-. The van der Waals surface area contributed by atoms with Gasteiger partial charge in [0, 0.05) is 31.9 Å². The van der Waals surface area contributed by atoms with E-state index in [0.29, 0.717) is 11.1 Å². The maximum atomic E-state index is 13.1. The minimum absolute atomic E-state index is 0.0572. The second-order valence-corrected chi connectivity index (χ2v) is 9.85. The summed E-state index contributed by atoms with van der Waals surface area (Å²) < 4.78 is 5.31. The normalized spacial score (nSPS) is 11.1. The first-order valence-electron chi connectivity index (χ1n) is 13.1. The molecule has 0 aromatic heterocycles. The summed E-state index contributed by atoms with van der Waals surface area (Å²) in [6.07, 6.45) is 2.90. The fourth-order valence-electron chi connectivity index (χ4n) is 3.76. The quantitative estimate of drug-likeness (QED) is 0.0606. The van der Waals surface area contributed by atoms with E-state index in [9.17, 15) is 24.5 Å². The smallest absolute Gasteiger partial charge is 0.343 e. The van der Waals surface area contributed by atoms with Crippen molar-refractivity contribution in [3.05, 3.63) is 140 Å². The van der Waals surface area contributed by atoms with E-state index in [1.807, 2.05) is 43.3 Å². The molecule has 0 saturated heterocycles. The van der Waals surface area contributed by atoms with Crippen molar-refractivity contribution >= 4 is 53.0 Å². The van der Waals surface area contributed by atoms with Gasteiger partial charge in [0.15, 0.2) is 0 Å². The van der Waals surface area contributed by atoms with Gasteiger partial charge in [-0.25, -0.2) is 10.2 Å². The molecular formula is C32H26ClN5O6. The number of hydrogen-bond donors (Lipinski definition) is 2. The van der Waals surface area contributed by atoms with E-state index >= 15 is 0 Å². The van der Waals surface area contributed by atoms with Gasteiger partial charge in [0.05, 0.1) is 27.3 Å². The van der Waals surface area contributed by atoms with Crippen LogP contribution in [0.3, 0.4) is 0 Å². The van der Waals surface area contributed by atoms with E-state index in [1.165, 1.54) is 48.7 Å². The largest absolute Gasteiger partial charge is 0.423 e. The molecule has 11 nitrogen and oxygen atoms in total. The number of esters is 1. The summed E-state index contributed by atoms with van der Waals surface area (Å²) in [6, 6.07) is 25.2. The first-order valence-corrected chi connectivity index (χ1v) is 13.4. The molecule has 2 N–H and O–H groups in total. The molecule has 12 heteroatoms. The van der Waals surface area contributed by atoms with Crippen LogP contribution in [0.25, 0.3) is 6.08 Å². The van der Waals surface area contributed by atoms with Gasteiger partial charge in [0.25, 0.3) is 17.5 Å². The summed E-state index contributed by atoms with van der Waals surface area (Å²) in [4.78, 5) is 50.5. The van der Waals surface area contributed by atoms with Crippen LogP contribution in [-0.4, -0.2) is 43.0 Å². The number of non-ortho nitro benzene ring substituents is 1. The maximum Gasteiger partial charge on any atom is 0.343 e. The monoisotopic (exact) mass is 611 g/mol. The van der Waals surface area contributed by atoms with Crippen molar-refractivity contribution in [2.45, 2.75) is 0 Å². The lowest BCUT2D eigenvalue weighted by molar-refractivity contribution is -0.384. The summed E-state index contributed by atoms with van der Waals surface area (Å²) in [5.74, 6) is -1.68. The van der Waals surface area contributed by atoms with Gasteiger partial charge in [-0.05, 0) is 77.9 Å². The first-order chi connectivity index (χ1) is 21.1. The lowest BCUT2D eigenvalue weighted by Gasteiger charge is -2.13. The van der Waals surface area contributed by atoms with Crippen molar-refractivity contribution < 1.29 is 24.0 Å². The highest BCUT2D eigenvalue weighted by molar-refractivity contribution is 6.34. The Labute approximate surface area is 257 Å². The molecular weight excluding hydrogens is 586 g/mol. The van der Waals surface area contributed by atoms with Gasteiger partial charge in [0.1, 0.15) is 11.4 Å². The number of carbonyl (C=O) groups excluding carboxylic acids is 3. The third-order valence-electron chi connectivity index (χ3n) is 6.12. The van der Waals surface area contributed by atoms with Crippen LogP contribution >= 0.6 is 11.6 Å². The predicted molar refractivity (Wildman–Crippen MR) is 168 cm³/mol. The molecule has 4 aromatic rings. The van der Waals surface area contributed by atoms with Crippen LogP contribution in [-0.2, 0) is 4.79 Å². The Morgan fingerprint density at radius 3 is 2.14 bits per heavy atom. The summed E-state index contributed by atoms with van der Waals surface area (Å²) >= 11 is 6.17. The number of nitrogens with one attached hydrogen (secondary N) is 2. The van der Waals surface area contributed by atoms with E-state index in [1.54, 1.807) is 36.4 Å². The zero-order valence-electron chi connectivity index (χ0n) is 23.6. The Morgan fingerprint density at radius 1 is 0.886 bits per heavy atom. The van der Waals surface area contributed by atoms with Crippen LogP contribution < -0.4 is 20.4 Å². The molecule has 4 rings (SSSR count). The van der Waals surface area contributed by atoms with Crippen molar-refractivity contribution in [3.63, 3.8) is 0 Å². The number of carbonyl (C=O) groups is 3. The van der Waals surface area contributed by atoms with E-state index in [-0.39, 0.29) is 33.3 Å². The summed E-state index contributed by atoms with van der Waals surface area (Å²) in [7, 11) is 3.82. The predicted octanol–water partition coefficient (Wildman–Crippen LogP) is 5.45. The first kappa shape index (κ1) is 31.1. The number of rotatable bonds is 10. The Balaban J connectivity index is 1.43. The summed E-state index contributed by atoms with van der Waals surface area (Å²) in [5, 5.41) is 17.6. The highest BCUT2D eigenvalue weighted by Gasteiger charge is 2.17. The molecule has 0 aliphatic rings. The number of hydrogen-bond acceptors (Lipinski definition) is 8. The zero-order valence-corrected chi connectivity index (χ0v) is 24.3. The molecule has 2 amide bonds. The van der Waals surface area contributed by atoms with Gasteiger partial charge in [0.2, 0.25) is 0 Å². The number of nitrogens with zero attached hydrogens (tertiary/aromatic N) is 3. The van der Waals surface area contributed by atoms with Gasteiger partial charge >= 0.3 is 5.97 Å². The van der Waals surface area contributed by atoms with Crippen LogP contribution in [0.5, 0.6) is 5.75 Å². The number of ether oxygens (including phenoxy) is 1. The SMILES string of the molecule is CN(C)c1ccc(/C=C(/NC(=O)c2ccccc2Cl)C(=O)N/N=C\c2ccc(OC(=O)c3ccc([N+](=O)[O-])cc3)cc2)cc1. The zero-order chi connectivity index (χ0) is 31.6. The van der Waals surface area contributed by atoms with E-state index in [2.05, 4.69) is 15.8 Å². The number of halogens is 1. The Kier molecular flexibility index (Phi) is 10.2. The molecule has 0 aliphatic heterocycles. The molecule has 222 valence electrons. The van der Waals surface area contributed by atoms with Gasteiger partial charge in [-0.3, -0.25) is 19.7 Å². The van der Waals surface area contributed by atoms with Crippen LogP contribution in [0.2, 0.25) is 5.02 Å². The van der Waals surface area contributed by atoms with Crippen molar-refractivity contribution in [2.24, 2.45) is 5.10 Å². The molecule has 0 bridgehead atoms. The molecule has 0 saturated carbocycles. The molecule has 0 aliphatic carbocycles. The summed E-state index contributed by atoms with van der Waals surface area (Å²) in [6.45, 7) is 0. The van der Waals surface area contributed by atoms with E-state index in [0.717, 1.165) is 5.69 Å². The van der Waals surface area contributed by atoms with Gasteiger partial charge in [-0.15, -0.1) is 0 Å². The van der Waals surface area contributed by atoms with Gasteiger partial charge in [-0.1, -0.05) is 35.9 Å². The second kappa shape index (κ2) is 14.4. The molecule has 0 heterocycles. The third-order valence-corrected chi connectivity index (χ3v) is 6.45. The second-order valence-electron chi connectivity index (χ2n) is 9.44. The van der Waals surface area contributed by atoms with Gasteiger partial charge in [-0.2, -0.15) is 5.10 Å². The lowest BCUT2D eigenvalue weighted by atomic mass is 10.1. The highest BCUT2D eigenvalue weighted by atomic mass is 35.5. The molecule has 0 spiro atoms. The van der Waals surface area contributed by atoms with Crippen molar-refractivity contribution in [1.82, 2.24) is 10.7 Å².